The molecule has 1 aliphatic heterocycles. The molecule has 1 aromatic carbocycles. The third-order valence-corrected chi connectivity index (χ3v) is 5.15. The first-order valence-electron chi connectivity index (χ1n) is 7.47. The van der Waals surface area contributed by atoms with Gasteiger partial charge in [0.15, 0.2) is 0 Å². The SMILES string of the molecule is Cc1cccc(N2CCN(C(=O)c3snnc3C)CC2)c1C. The summed E-state index contributed by atoms with van der Waals surface area (Å²) in [6.45, 7) is 9.34. The van der Waals surface area contributed by atoms with E-state index in [1.807, 2.05) is 11.8 Å². The lowest BCUT2D eigenvalue weighted by atomic mass is 10.1. The van der Waals surface area contributed by atoms with Crippen LogP contribution in [0.2, 0.25) is 0 Å². The Labute approximate surface area is 134 Å². The van der Waals surface area contributed by atoms with E-state index in [4.69, 9.17) is 0 Å². The number of aromatic nitrogens is 2. The number of benzene rings is 1. The molecule has 1 aromatic heterocycles. The summed E-state index contributed by atoms with van der Waals surface area (Å²) in [6.07, 6.45) is 0. The van der Waals surface area contributed by atoms with Crippen molar-refractivity contribution in [2.75, 3.05) is 31.1 Å². The Balaban J connectivity index is 1.69. The van der Waals surface area contributed by atoms with E-state index in [0.717, 1.165) is 31.9 Å². The maximum absolute atomic E-state index is 12.5. The molecule has 0 unspecified atom stereocenters. The Morgan fingerprint density at radius 1 is 1.14 bits per heavy atom. The Bertz CT molecular complexity index is 689. The Hall–Kier alpha value is -1.95. The molecule has 1 amide bonds. The molecule has 2 heterocycles. The summed E-state index contributed by atoms with van der Waals surface area (Å²) >= 11 is 1.19. The number of carbonyl (C=O) groups excluding carboxylic acids is 1. The second kappa shape index (κ2) is 6.04. The van der Waals surface area contributed by atoms with Crippen LogP contribution in [0.4, 0.5) is 5.69 Å². The van der Waals surface area contributed by atoms with Crippen LogP contribution in [0.15, 0.2) is 18.2 Å². The van der Waals surface area contributed by atoms with Gasteiger partial charge in [-0.25, -0.2) is 0 Å². The Morgan fingerprint density at radius 3 is 2.50 bits per heavy atom. The summed E-state index contributed by atoms with van der Waals surface area (Å²) < 4.78 is 3.86. The third-order valence-electron chi connectivity index (χ3n) is 4.33. The van der Waals surface area contributed by atoms with Gasteiger partial charge in [-0.15, -0.1) is 5.10 Å². The lowest BCUT2D eigenvalue weighted by molar-refractivity contribution is 0.0750. The maximum Gasteiger partial charge on any atom is 0.267 e. The van der Waals surface area contributed by atoms with Crippen molar-refractivity contribution in [2.24, 2.45) is 0 Å². The predicted octanol–water partition coefficient (Wildman–Crippen LogP) is 2.43. The second-order valence-electron chi connectivity index (χ2n) is 5.69. The fraction of sp³-hybridized carbons (Fsp3) is 0.438. The highest BCUT2D eigenvalue weighted by Crippen LogP contribution is 2.24. The van der Waals surface area contributed by atoms with Crippen LogP contribution in [0.5, 0.6) is 0 Å². The van der Waals surface area contributed by atoms with Gasteiger partial charge in [0, 0.05) is 31.9 Å². The summed E-state index contributed by atoms with van der Waals surface area (Å²) in [6, 6.07) is 6.40. The van der Waals surface area contributed by atoms with E-state index < -0.39 is 0 Å². The molecule has 0 N–H and O–H groups in total. The highest BCUT2D eigenvalue weighted by Gasteiger charge is 2.25. The van der Waals surface area contributed by atoms with Gasteiger partial charge in [0.2, 0.25) is 0 Å². The zero-order valence-corrected chi connectivity index (χ0v) is 14.0. The number of hydrogen-bond donors (Lipinski definition) is 0. The van der Waals surface area contributed by atoms with Crippen molar-refractivity contribution in [1.29, 1.82) is 0 Å². The average molecular weight is 316 g/mol. The molecule has 3 rings (SSSR count). The molecule has 22 heavy (non-hydrogen) atoms. The molecular weight excluding hydrogens is 296 g/mol. The molecule has 2 aromatic rings. The molecule has 116 valence electrons. The average Bonchev–Trinajstić information content (AvgIpc) is 2.96. The summed E-state index contributed by atoms with van der Waals surface area (Å²) in [4.78, 5) is 17.4. The van der Waals surface area contributed by atoms with Crippen molar-refractivity contribution >= 4 is 23.1 Å². The van der Waals surface area contributed by atoms with Crippen LogP contribution in [0, 0.1) is 20.8 Å². The lowest BCUT2D eigenvalue weighted by Crippen LogP contribution is -2.49. The minimum atomic E-state index is 0.0631. The van der Waals surface area contributed by atoms with Gasteiger partial charge in [-0.2, -0.15) is 0 Å². The van der Waals surface area contributed by atoms with Crippen molar-refractivity contribution < 1.29 is 4.79 Å². The second-order valence-corrected chi connectivity index (χ2v) is 6.44. The number of aryl methyl sites for hydroxylation is 2. The zero-order valence-electron chi connectivity index (χ0n) is 13.2. The lowest BCUT2D eigenvalue weighted by Gasteiger charge is -2.36. The summed E-state index contributed by atoms with van der Waals surface area (Å²) in [5.74, 6) is 0.0631. The molecule has 1 saturated heterocycles. The van der Waals surface area contributed by atoms with E-state index in [1.54, 1.807) is 0 Å². The van der Waals surface area contributed by atoms with Crippen molar-refractivity contribution in [2.45, 2.75) is 20.8 Å². The van der Waals surface area contributed by atoms with Gasteiger partial charge in [0.1, 0.15) is 4.88 Å². The van der Waals surface area contributed by atoms with Crippen molar-refractivity contribution in [3.05, 3.63) is 39.9 Å². The molecule has 0 bridgehead atoms. The van der Waals surface area contributed by atoms with Crippen molar-refractivity contribution in [3.63, 3.8) is 0 Å². The van der Waals surface area contributed by atoms with Gasteiger partial charge in [-0.3, -0.25) is 4.79 Å². The number of rotatable bonds is 2. The van der Waals surface area contributed by atoms with Crippen LogP contribution in [0.3, 0.4) is 0 Å². The molecule has 1 fully saturated rings. The van der Waals surface area contributed by atoms with E-state index in [9.17, 15) is 4.79 Å². The smallest absolute Gasteiger partial charge is 0.267 e. The van der Waals surface area contributed by atoms with E-state index in [0.29, 0.717) is 4.88 Å². The Morgan fingerprint density at radius 2 is 1.86 bits per heavy atom. The molecule has 0 saturated carbocycles. The van der Waals surface area contributed by atoms with Crippen LogP contribution >= 0.6 is 11.5 Å². The first-order chi connectivity index (χ1) is 10.6. The maximum atomic E-state index is 12.5. The highest BCUT2D eigenvalue weighted by molar-refractivity contribution is 7.07. The van der Waals surface area contributed by atoms with Crippen molar-refractivity contribution in [3.8, 4) is 0 Å². The molecule has 1 aliphatic rings. The van der Waals surface area contributed by atoms with Crippen LogP contribution in [-0.4, -0.2) is 46.6 Å². The highest BCUT2D eigenvalue weighted by atomic mass is 32.1. The van der Waals surface area contributed by atoms with Gasteiger partial charge in [-0.1, -0.05) is 16.6 Å². The minimum Gasteiger partial charge on any atom is -0.368 e. The van der Waals surface area contributed by atoms with Gasteiger partial charge in [-0.05, 0) is 49.5 Å². The topological polar surface area (TPSA) is 49.3 Å². The number of hydrogen-bond acceptors (Lipinski definition) is 5. The minimum absolute atomic E-state index is 0.0631. The summed E-state index contributed by atoms with van der Waals surface area (Å²) in [5.41, 5.74) is 4.64. The van der Waals surface area contributed by atoms with Crippen LogP contribution in [0.1, 0.15) is 26.5 Å². The van der Waals surface area contributed by atoms with Crippen LogP contribution in [0.25, 0.3) is 0 Å². The number of anilines is 1. The normalized spacial score (nSPS) is 15.2. The molecule has 0 spiro atoms. The number of carbonyl (C=O) groups is 1. The first-order valence-corrected chi connectivity index (χ1v) is 8.24. The number of piperazine rings is 1. The fourth-order valence-electron chi connectivity index (χ4n) is 2.80. The van der Waals surface area contributed by atoms with Crippen LogP contribution in [-0.2, 0) is 0 Å². The number of nitrogens with zero attached hydrogens (tertiary/aromatic N) is 4. The monoisotopic (exact) mass is 316 g/mol. The molecule has 5 nitrogen and oxygen atoms in total. The van der Waals surface area contributed by atoms with E-state index in [1.165, 1.54) is 28.3 Å². The molecule has 0 radical (unpaired) electrons. The first kappa shape index (κ1) is 15.0. The van der Waals surface area contributed by atoms with E-state index in [-0.39, 0.29) is 5.91 Å². The van der Waals surface area contributed by atoms with Crippen molar-refractivity contribution in [1.82, 2.24) is 14.5 Å². The third kappa shape index (κ3) is 2.70. The molecule has 0 atom stereocenters. The fourth-order valence-corrected chi connectivity index (χ4v) is 3.43. The standard InChI is InChI=1S/C16H20N4OS/c1-11-5-4-6-14(12(11)2)19-7-9-20(10-8-19)16(21)15-13(3)17-18-22-15/h4-6H,7-10H2,1-3H3. The van der Waals surface area contributed by atoms with Gasteiger partial charge in [0.25, 0.3) is 5.91 Å². The summed E-state index contributed by atoms with van der Waals surface area (Å²) in [7, 11) is 0. The molecule has 0 aliphatic carbocycles. The van der Waals surface area contributed by atoms with Gasteiger partial charge < -0.3 is 9.80 Å². The quantitative estimate of drug-likeness (QED) is 0.854. The van der Waals surface area contributed by atoms with E-state index in [2.05, 4.69) is 46.5 Å². The zero-order chi connectivity index (χ0) is 15.7. The predicted molar refractivity (Wildman–Crippen MR) is 88.7 cm³/mol. The van der Waals surface area contributed by atoms with Gasteiger partial charge >= 0.3 is 0 Å². The van der Waals surface area contributed by atoms with E-state index >= 15 is 0 Å². The molecule has 6 heteroatoms. The van der Waals surface area contributed by atoms with Crippen LogP contribution < -0.4 is 4.90 Å². The van der Waals surface area contributed by atoms with Gasteiger partial charge in [0.05, 0.1) is 5.69 Å². The Kier molecular flexibility index (Phi) is 4.11. The molecular formula is C16H20N4OS. The largest absolute Gasteiger partial charge is 0.368 e. The number of amides is 1. The summed E-state index contributed by atoms with van der Waals surface area (Å²) in [5, 5.41) is 3.93.